The minimum Gasteiger partial charge on any atom is -0.307 e. The first kappa shape index (κ1) is 18.7. The molecule has 1 aliphatic carbocycles. The number of ketones is 1. The second-order valence-electron chi connectivity index (χ2n) is 7.43. The van der Waals surface area contributed by atoms with E-state index in [1.807, 2.05) is 0 Å². The van der Waals surface area contributed by atoms with E-state index in [1.165, 1.54) is 4.90 Å². The number of hydrogen-bond acceptors (Lipinski definition) is 4. The number of rotatable bonds is 5. The SMILES string of the molecule is Cn1ccc(NC(=O)C(CC2CCCC2)N2C(=O)C(=O)c3ccc(Cl)cc32)n1. The Morgan fingerprint density at radius 2 is 2.04 bits per heavy atom. The third-order valence-corrected chi connectivity index (χ3v) is 5.72. The molecule has 1 N–H and O–H groups in total. The Balaban J connectivity index is 1.68. The molecule has 0 saturated heterocycles. The highest BCUT2D eigenvalue weighted by Gasteiger charge is 2.43. The summed E-state index contributed by atoms with van der Waals surface area (Å²) in [5.41, 5.74) is 0.693. The Labute approximate surface area is 167 Å². The molecule has 1 saturated carbocycles. The topological polar surface area (TPSA) is 84.3 Å². The summed E-state index contributed by atoms with van der Waals surface area (Å²) in [6.07, 6.45) is 6.51. The third-order valence-electron chi connectivity index (χ3n) is 5.49. The second-order valence-corrected chi connectivity index (χ2v) is 7.87. The van der Waals surface area contributed by atoms with Gasteiger partial charge in [-0.25, -0.2) is 0 Å². The van der Waals surface area contributed by atoms with Crippen molar-refractivity contribution in [2.24, 2.45) is 13.0 Å². The number of nitrogens with one attached hydrogen (secondary N) is 1. The maximum absolute atomic E-state index is 13.1. The van der Waals surface area contributed by atoms with E-state index in [9.17, 15) is 14.4 Å². The Kier molecular flexibility index (Phi) is 4.93. The van der Waals surface area contributed by atoms with Crippen LogP contribution in [0.1, 0.15) is 42.5 Å². The quantitative estimate of drug-likeness (QED) is 0.781. The van der Waals surface area contributed by atoms with Crippen LogP contribution in [-0.4, -0.2) is 33.4 Å². The number of carbonyl (C=O) groups excluding carboxylic acids is 3. The summed E-state index contributed by atoms with van der Waals surface area (Å²) in [5, 5.41) is 7.38. The van der Waals surface area contributed by atoms with E-state index in [-0.39, 0.29) is 11.5 Å². The maximum atomic E-state index is 13.1. The van der Waals surface area contributed by atoms with Gasteiger partial charge < -0.3 is 5.32 Å². The van der Waals surface area contributed by atoms with Crippen LogP contribution in [0.5, 0.6) is 0 Å². The van der Waals surface area contributed by atoms with E-state index < -0.39 is 17.7 Å². The minimum absolute atomic E-state index is 0.288. The third kappa shape index (κ3) is 3.42. The van der Waals surface area contributed by atoms with Gasteiger partial charge in [0, 0.05) is 24.3 Å². The molecule has 0 bridgehead atoms. The van der Waals surface area contributed by atoms with Gasteiger partial charge in [0.2, 0.25) is 5.91 Å². The number of aromatic nitrogens is 2. The van der Waals surface area contributed by atoms with Gasteiger partial charge in [0.25, 0.3) is 11.7 Å². The van der Waals surface area contributed by atoms with Crippen LogP contribution >= 0.6 is 11.6 Å². The number of aryl methyl sites for hydroxylation is 1. The number of benzene rings is 1. The predicted molar refractivity (Wildman–Crippen MR) is 105 cm³/mol. The van der Waals surface area contributed by atoms with Crippen molar-refractivity contribution in [2.45, 2.75) is 38.1 Å². The van der Waals surface area contributed by atoms with E-state index in [0.717, 1.165) is 25.7 Å². The lowest BCUT2D eigenvalue weighted by atomic mass is 9.96. The molecular weight excluding hydrogens is 380 g/mol. The Hall–Kier alpha value is -2.67. The van der Waals surface area contributed by atoms with Gasteiger partial charge in [-0.1, -0.05) is 37.3 Å². The van der Waals surface area contributed by atoms with Gasteiger partial charge in [-0.05, 0) is 30.5 Å². The van der Waals surface area contributed by atoms with Crippen LogP contribution in [0.2, 0.25) is 5.02 Å². The van der Waals surface area contributed by atoms with Gasteiger partial charge >= 0.3 is 0 Å². The number of anilines is 2. The lowest BCUT2D eigenvalue weighted by Crippen LogP contribution is -2.48. The van der Waals surface area contributed by atoms with Gasteiger partial charge in [0.15, 0.2) is 5.82 Å². The molecule has 1 aromatic carbocycles. The molecule has 2 amide bonds. The molecule has 0 radical (unpaired) electrons. The summed E-state index contributed by atoms with van der Waals surface area (Å²) >= 11 is 6.11. The van der Waals surface area contributed by atoms with Crippen LogP contribution in [0, 0.1) is 5.92 Å². The standard InChI is InChI=1S/C20H21ClN4O3/c1-24-9-8-17(23-24)22-19(27)16(10-12-4-2-3-5-12)25-15-11-13(21)6-7-14(15)18(26)20(25)28/h6-9,11-12,16H,2-5,10H2,1H3,(H,22,23,27). The molecule has 0 spiro atoms. The van der Waals surface area contributed by atoms with Crippen LogP contribution < -0.4 is 10.2 Å². The van der Waals surface area contributed by atoms with E-state index >= 15 is 0 Å². The number of halogens is 1. The van der Waals surface area contributed by atoms with Gasteiger partial charge in [-0.2, -0.15) is 5.10 Å². The van der Waals surface area contributed by atoms with Crippen molar-refractivity contribution in [3.63, 3.8) is 0 Å². The Bertz CT molecular complexity index is 949. The summed E-state index contributed by atoms with van der Waals surface area (Å²) in [5.74, 6) is -0.886. The van der Waals surface area contributed by atoms with Gasteiger partial charge in [-0.3, -0.25) is 24.0 Å². The van der Waals surface area contributed by atoms with Crippen molar-refractivity contribution in [1.82, 2.24) is 9.78 Å². The Morgan fingerprint density at radius 3 is 2.71 bits per heavy atom. The van der Waals surface area contributed by atoms with Crippen molar-refractivity contribution < 1.29 is 14.4 Å². The minimum atomic E-state index is -0.790. The highest BCUT2D eigenvalue weighted by Crippen LogP contribution is 2.37. The summed E-state index contributed by atoms with van der Waals surface area (Å²) in [4.78, 5) is 39.7. The molecule has 8 heteroatoms. The maximum Gasteiger partial charge on any atom is 0.300 e. The van der Waals surface area contributed by atoms with Crippen LogP contribution in [-0.2, 0) is 16.6 Å². The number of hydrogen-bond donors (Lipinski definition) is 1. The summed E-state index contributed by atoms with van der Waals surface area (Å²) < 4.78 is 1.58. The van der Waals surface area contributed by atoms with Gasteiger partial charge in [-0.15, -0.1) is 0 Å². The lowest BCUT2D eigenvalue weighted by molar-refractivity contribution is -0.121. The molecule has 1 aliphatic heterocycles. The lowest BCUT2D eigenvalue weighted by Gasteiger charge is -2.29. The molecule has 2 aromatic rings. The van der Waals surface area contributed by atoms with Crippen LogP contribution in [0.25, 0.3) is 0 Å². The van der Waals surface area contributed by atoms with E-state index in [2.05, 4.69) is 10.4 Å². The molecule has 7 nitrogen and oxygen atoms in total. The average Bonchev–Trinajstić information content (AvgIpc) is 3.36. The molecule has 1 aromatic heterocycles. The highest BCUT2D eigenvalue weighted by molar-refractivity contribution is 6.53. The zero-order valence-electron chi connectivity index (χ0n) is 15.5. The highest BCUT2D eigenvalue weighted by atomic mass is 35.5. The molecule has 2 aliphatic rings. The smallest absolute Gasteiger partial charge is 0.300 e. The fourth-order valence-corrected chi connectivity index (χ4v) is 4.29. The van der Waals surface area contributed by atoms with E-state index in [0.29, 0.717) is 28.9 Å². The zero-order chi connectivity index (χ0) is 19.8. The molecule has 1 fully saturated rings. The number of amides is 2. The van der Waals surface area contributed by atoms with Crippen molar-refractivity contribution in [2.75, 3.05) is 10.2 Å². The largest absolute Gasteiger partial charge is 0.307 e. The van der Waals surface area contributed by atoms with Crippen LogP contribution in [0.3, 0.4) is 0 Å². The normalized spacial score (nSPS) is 17.9. The molecule has 1 atom stereocenters. The van der Waals surface area contributed by atoms with Crippen LogP contribution in [0.15, 0.2) is 30.5 Å². The average molecular weight is 401 g/mol. The molecule has 4 rings (SSSR count). The molecule has 2 heterocycles. The van der Waals surface area contributed by atoms with Crippen molar-refractivity contribution in [3.05, 3.63) is 41.0 Å². The number of nitrogens with zero attached hydrogens (tertiary/aromatic N) is 3. The summed E-state index contributed by atoms with van der Waals surface area (Å²) in [6.45, 7) is 0. The van der Waals surface area contributed by atoms with Crippen molar-refractivity contribution in [1.29, 1.82) is 0 Å². The summed E-state index contributed by atoms with van der Waals surface area (Å²) in [6, 6.07) is 5.60. The van der Waals surface area contributed by atoms with Gasteiger partial charge in [0.1, 0.15) is 6.04 Å². The number of carbonyl (C=O) groups is 3. The first-order chi connectivity index (χ1) is 13.4. The van der Waals surface area contributed by atoms with Gasteiger partial charge in [0.05, 0.1) is 11.3 Å². The predicted octanol–water partition coefficient (Wildman–Crippen LogP) is 3.19. The zero-order valence-corrected chi connectivity index (χ0v) is 16.3. The second kappa shape index (κ2) is 7.39. The van der Waals surface area contributed by atoms with Crippen molar-refractivity contribution >= 4 is 40.7 Å². The molecule has 1 unspecified atom stereocenters. The Morgan fingerprint density at radius 1 is 1.29 bits per heavy atom. The molecule has 146 valence electrons. The molecular formula is C20H21ClN4O3. The number of fused-ring (bicyclic) bond motifs is 1. The fraction of sp³-hybridized carbons (Fsp3) is 0.400. The van der Waals surface area contributed by atoms with E-state index in [1.54, 1.807) is 42.2 Å². The first-order valence-electron chi connectivity index (χ1n) is 9.42. The first-order valence-corrected chi connectivity index (χ1v) is 9.80. The van der Waals surface area contributed by atoms with Crippen LogP contribution in [0.4, 0.5) is 11.5 Å². The fourth-order valence-electron chi connectivity index (χ4n) is 4.12. The number of Topliss-reactive ketones (excluding diaryl/α,β-unsaturated/α-hetero) is 1. The van der Waals surface area contributed by atoms with Crippen molar-refractivity contribution in [3.8, 4) is 0 Å². The molecule has 28 heavy (non-hydrogen) atoms. The monoisotopic (exact) mass is 400 g/mol. The van der Waals surface area contributed by atoms with E-state index in [4.69, 9.17) is 11.6 Å². The summed E-state index contributed by atoms with van der Waals surface area (Å²) in [7, 11) is 1.76.